The molecule has 1 unspecified atom stereocenters. The molecular weight excluding hydrogens is 419 g/mol. The number of hydrogen-bond donors (Lipinski definition) is 3. The standard InChI is InChI=1S/C26H23N2O3P/c1-18-7-5-6-10-25(18)32(30,31)22-14-11-20(12-15-22)26(29)28-24-17-21(13-16-23(24)27)19-8-3-2-4-9-19/h2-17H,27H2,1H3,(H,28,29)(H,30,31). The summed E-state index contributed by atoms with van der Waals surface area (Å²) >= 11 is 0. The highest BCUT2D eigenvalue weighted by atomic mass is 31.2. The minimum Gasteiger partial charge on any atom is -0.397 e. The Bertz CT molecular complexity index is 1320. The van der Waals surface area contributed by atoms with Crippen LogP contribution in [0.2, 0.25) is 0 Å². The Morgan fingerprint density at radius 1 is 0.844 bits per heavy atom. The molecule has 4 aromatic rings. The van der Waals surface area contributed by atoms with E-state index in [2.05, 4.69) is 5.32 Å². The first-order valence-electron chi connectivity index (χ1n) is 10.1. The van der Waals surface area contributed by atoms with Gasteiger partial charge >= 0.3 is 0 Å². The lowest BCUT2D eigenvalue weighted by Crippen LogP contribution is -2.19. The van der Waals surface area contributed by atoms with Crippen molar-refractivity contribution in [1.29, 1.82) is 0 Å². The van der Waals surface area contributed by atoms with Crippen LogP contribution < -0.4 is 21.7 Å². The second kappa shape index (κ2) is 8.83. The van der Waals surface area contributed by atoms with E-state index in [4.69, 9.17) is 5.73 Å². The third-order valence-electron chi connectivity index (χ3n) is 5.33. The van der Waals surface area contributed by atoms with Gasteiger partial charge in [0.25, 0.3) is 13.3 Å². The number of rotatable bonds is 5. The largest absolute Gasteiger partial charge is 0.397 e. The molecular formula is C26H23N2O3P. The number of amides is 1. The maximum atomic E-state index is 13.1. The van der Waals surface area contributed by atoms with Crippen molar-refractivity contribution in [2.24, 2.45) is 0 Å². The summed E-state index contributed by atoms with van der Waals surface area (Å²) in [6, 6.07) is 28.4. The lowest BCUT2D eigenvalue weighted by Gasteiger charge is -2.15. The van der Waals surface area contributed by atoms with Gasteiger partial charge in [-0.05, 0) is 66.1 Å². The van der Waals surface area contributed by atoms with Gasteiger partial charge in [0.15, 0.2) is 0 Å². The fourth-order valence-electron chi connectivity index (χ4n) is 3.53. The molecule has 5 nitrogen and oxygen atoms in total. The van der Waals surface area contributed by atoms with Crippen LogP contribution in [-0.4, -0.2) is 10.8 Å². The molecule has 4 rings (SSSR count). The normalized spacial score (nSPS) is 12.7. The highest BCUT2D eigenvalue weighted by Gasteiger charge is 2.26. The van der Waals surface area contributed by atoms with Crippen molar-refractivity contribution in [1.82, 2.24) is 0 Å². The molecule has 0 heterocycles. The summed E-state index contributed by atoms with van der Waals surface area (Å²) in [5.41, 5.74) is 10.1. The number of nitrogens with two attached hydrogens (primary N) is 1. The van der Waals surface area contributed by atoms with Gasteiger partial charge in [-0.15, -0.1) is 0 Å². The van der Waals surface area contributed by atoms with Crippen LogP contribution in [0.4, 0.5) is 11.4 Å². The smallest absolute Gasteiger partial charge is 0.259 e. The molecule has 0 saturated carbocycles. The second-order valence-corrected chi connectivity index (χ2v) is 9.68. The number of carbonyl (C=O) groups is 1. The Labute approximate surface area is 187 Å². The first kappa shape index (κ1) is 21.6. The van der Waals surface area contributed by atoms with Crippen LogP contribution in [0, 0.1) is 6.92 Å². The maximum absolute atomic E-state index is 13.1. The van der Waals surface area contributed by atoms with Crippen molar-refractivity contribution in [3.8, 4) is 11.1 Å². The van der Waals surface area contributed by atoms with E-state index in [0.717, 1.165) is 16.7 Å². The van der Waals surface area contributed by atoms with E-state index in [1.807, 2.05) is 48.5 Å². The molecule has 1 amide bonds. The minimum atomic E-state index is -3.75. The molecule has 4 N–H and O–H groups in total. The van der Waals surface area contributed by atoms with E-state index in [0.29, 0.717) is 22.2 Å². The van der Waals surface area contributed by atoms with E-state index < -0.39 is 7.37 Å². The Morgan fingerprint density at radius 3 is 2.19 bits per heavy atom. The zero-order valence-electron chi connectivity index (χ0n) is 17.5. The monoisotopic (exact) mass is 442 g/mol. The average molecular weight is 442 g/mol. The van der Waals surface area contributed by atoms with E-state index in [-0.39, 0.29) is 11.2 Å². The van der Waals surface area contributed by atoms with Gasteiger partial charge in [0.1, 0.15) is 0 Å². The minimum absolute atomic E-state index is 0.272. The molecule has 4 aromatic carbocycles. The number of nitrogens with one attached hydrogen (secondary N) is 1. The SMILES string of the molecule is Cc1ccccc1P(=O)(O)c1ccc(C(=O)Nc2cc(-c3ccccc3)ccc2N)cc1. The van der Waals surface area contributed by atoms with Crippen LogP contribution >= 0.6 is 7.37 Å². The zero-order chi connectivity index (χ0) is 22.7. The summed E-state index contributed by atoms with van der Waals surface area (Å²) in [6.07, 6.45) is 0. The molecule has 0 aliphatic heterocycles. The average Bonchev–Trinajstić information content (AvgIpc) is 2.81. The van der Waals surface area contributed by atoms with Gasteiger partial charge in [-0.1, -0.05) is 54.6 Å². The molecule has 0 bridgehead atoms. The van der Waals surface area contributed by atoms with Crippen LogP contribution in [0.15, 0.2) is 97.1 Å². The van der Waals surface area contributed by atoms with Crippen molar-refractivity contribution in [2.75, 3.05) is 11.1 Å². The van der Waals surface area contributed by atoms with Gasteiger partial charge in [0.05, 0.1) is 11.4 Å². The third-order valence-corrected chi connectivity index (χ3v) is 7.48. The molecule has 0 fully saturated rings. The summed E-state index contributed by atoms with van der Waals surface area (Å²) < 4.78 is 13.1. The van der Waals surface area contributed by atoms with Crippen molar-refractivity contribution in [3.05, 3.63) is 108 Å². The first-order valence-corrected chi connectivity index (χ1v) is 11.8. The summed E-state index contributed by atoms with van der Waals surface area (Å²) in [7, 11) is -3.75. The Hall–Kier alpha value is -3.66. The number of hydrogen-bond acceptors (Lipinski definition) is 3. The van der Waals surface area contributed by atoms with E-state index in [1.54, 1.807) is 43.3 Å². The summed E-state index contributed by atoms with van der Waals surface area (Å²) in [4.78, 5) is 23.5. The van der Waals surface area contributed by atoms with Gasteiger partial charge in [0.2, 0.25) is 0 Å². The molecule has 160 valence electrons. The summed E-state index contributed by atoms with van der Waals surface area (Å²) in [5.74, 6) is -0.350. The molecule has 32 heavy (non-hydrogen) atoms. The van der Waals surface area contributed by atoms with Gasteiger partial charge in [-0.2, -0.15) is 0 Å². The van der Waals surface area contributed by atoms with Crippen LogP contribution in [0.1, 0.15) is 15.9 Å². The molecule has 0 aromatic heterocycles. The van der Waals surface area contributed by atoms with Crippen molar-refractivity contribution in [3.63, 3.8) is 0 Å². The van der Waals surface area contributed by atoms with Gasteiger partial charge in [-0.3, -0.25) is 9.36 Å². The van der Waals surface area contributed by atoms with Gasteiger partial charge in [0, 0.05) is 16.2 Å². The predicted molar refractivity (Wildman–Crippen MR) is 131 cm³/mol. The van der Waals surface area contributed by atoms with Gasteiger partial charge in [-0.25, -0.2) is 0 Å². The quantitative estimate of drug-likeness (QED) is 0.308. The van der Waals surface area contributed by atoms with Gasteiger partial charge < -0.3 is 15.9 Å². The highest BCUT2D eigenvalue weighted by molar-refractivity contribution is 7.73. The summed E-state index contributed by atoms with van der Waals surface area (Å²) in [5, 5.41) is 3.50. The predicted octanol–water partition coefficient (Wildman–Crippen LogP) is 4.72. The molecule has 0 radical (unpaired) electrons. The Morgan fingerprint density at radius 2 is 1.50 bits per heavy atom. The van der Waals surface area contributed by atoms with Crippen molar-refractivity contribution >= 4 is 35.3 Å². The number of benzene rings is 4. The third kappa shape index (κ3) is 4.35. The van der Waals surface area contributed by atoms with Crippen molar-refractivity contribution < 1.29 is 14.3 Å². The first-order chi connectivity index (χ1) is 15.4. The van der Waals surface area contributed by atoms with E-state index in [9.17, 15) is 14.3 Å². The maximum Gasteiger partial charge on any atom is 0.259 e. The highest BCUT2D eigenvalue weighted by Crippen LogP contribution is 2.39. The Kier molecular flexibility index (Phi) is 5.95. The number of carbonyl (C=O) groups excluding carboxylic acids is 1. The second-order valence-electron chi connectivity index (χ2n) is 7.53. The van der Waals surface area contributed by atoms with Crippen molar-refractivity contribution in [2.45, 2.75) is 6.92 Å². The number of aryl methyl sites for hydroxylation is 1. The molecule has 0 aliphatic carbocycles. The topological polar surface area (TPSA) is 92.4 Å². The lowest BCUT2D eigenvalue weighted by molar-refractivity contribution is 0.102. The molecule has 1 atom stereocenters. The summed E-state index contributed by atoms with van der Waals surface area (Å²) in [6.45, 7) is 1.80. The Balaban J connectivity index is 1.56. The van der Waals surface area contributed by atoms with Crippen LogP contribution in [0.25, 0.3) is 11.1 Å². The zero-order valence-corrected chi connectivity index (χ0v) is 18.4. The van der Waals surface area contributed by atoms with E-state index in [1.165, 1.54) is 12.1 Å². The molecule has 0 aliphatic rings. The number of anilines is 2. The van der Waals surface area contributed by atoms with Crippen LogP contribution in [-0.2, 0) is 4.57 Å². The van der Waals surface area contributed by atoms with Crippen LogP contribution in [0.3, 0.4) is 0 Å². The fraction of sp³-hybridized carbons (Fsp3) is 0.0385. The molecule has 0 spiro atoms. The van der Waals surface area contributed by atoms with E-state index >= 15 is 0 Å². The lowest BCUT2D eigenvalue weighted by atomic mass is 10.0. The molecule has 6 heteroatoms. The number of nitrogen functional groups attached to an aromatic ring is 1. The fourth-order valence-corrected chi connectivity index (χ4v) is 5.20. The van der Waals surface area contributed by atoms with Crippen LogP contribution in [0.5, 0.6) is 0 Å². The molecule has 0 saturated heterocycles.